The van der Waals surface area contributed by atoms with Crippen LogP contribution in [0.2, 0.25) is 0 Å². The van der Waals surface area contributed by atoms with E-state index in [-0.39, 0.29) is 0 Å². The largest absolute Gasteiger partial charge is 0.395 e. The van der Waals surface area contributed by atoms with Crippen molar-refractivity contribution >= 4 is 0 Å². The molecule has 4 atom stereocenters. The van der Waals surface area contributed by atoms with Crippen molar-refractivity contribution in [1.82, 2.24) is 5.32 Å². The number of hydrogen-bond donors (Lipinski definition) is 2. The molecule has 11 heavy (non-hydrogen) atoms. The standard InChI is InChI=1S/C9H17NO/c1-6-2-7-4-10-9(5-11)8(7)3-6/h6-11H,2-5H2,1H3/t6?,7-,8-,9+/m0/s1. The first-order valence-corrected chi connectivity index (χ1v) is 4.65. The van der Waals surface area contributed by atoms with E-state index < -0.39 is 0 Å². The molecule has 2 N–H and O–H groups in total. The van der Waals surface area contributed by atoms with Gasteiger partial charge in [-0.15, -0.1) is 0 Å². The number of aliphatic hydroxyl groups excluding tert-OH is 1. The highest BCUT2D eigenvalue weighted by Crippen LogP contribution is 2.40. The van der Waals surface area contributed by atoms with Gasteiger partial charge in [0.2, 0.25) is 0 Å². The van der Waals surface area contributed by atoms with Crippen molar-refractivity contribution in [2.75, 3.05) is 13.2 Å². The molecule has 0 amide bonds. The van der Waals surface area contributed by atoms with Gasteiger partial charge in [-0.25, -0.2) is 0 Å². The first-order valence-electron chi connectivity index (χ1n) is 4.65. The molecule has 0 aromatic rings. The predicted molar refractivity (Wildman–Crippen MR) is 44.3 cm³/mol. The summed E-state index contributed by atoms with van der Waals surface area (Å²) in [6, 6.07) is 0.407. The van der Waals surface area contributed by atoms with E-state index >= 15 is 0 Å². The van der Waals surface area contributed by atoms with E-state index in [0.717, 1.165) is 24.3 Å². The van der Waals surface area contributed by atoms with Gasteiger partial charge in [0, 0.05) is 6.04 Å². The van der Waals surface area contributed by atoms with Crippen LogP contribution in [-0.2, 0) is 0 Å². The smallest absolute Gasteiger partial charge is 0.0587 e. The van der Waals surface area contributed by atoms with Crippen LogP contribution in [0.4, 0.5) is 0 Å². The molecule has 0 bridgehead atoms. The summed E-state index contributed by atoms with van der Waals surface area (Å²) in [5, 5.41) is 12.4. The summed E-state index contributed by atoms with van der Waals surface area (Å²) < 4.78 is 0. The topological polar surface area (TPSA) is 32.3 Å². The molecule has 2 aliphatic rings. The minimum atomic E-state index is 0.327. The van der Waals surface area contributed by atoms with Gasteiger partial charge in [0.1, 0.15) is 0 Å². The van der Waals surface area contributed by atoms with Crippen LogP contribution < -0.4 is 5.32 Å². The summed E-state index contributed by atoms with van der Waals surface area (Å²) in [5.41, 5.74) is 0. The Kier molecular flexibility index (Phi) is 1.90. The second-order valence-corrected chi connectivity index (χ2v) is 4.20. The van der Waals surface area contributed by atoms with Crippen LogP contribution in [0.3, 0.4) is 0 Å². The molecule has 0 radical (unpaired) electrons. The minimum absolute atomic E-state index is 0.327. The Morgan fingerprint density at radius 2 is 2.27 bits per heavy atom. The summed E-state index contributed by atoms with van der Waals surface area (Å²) >= 11 is 0. The van der Waals surface area contributed by atoms with Gasteiger partial charge in [-0.3, -0.25) is 0 Å². The van der Waals surface area contributed by atoms with Crippen LogP contribution in [-0.4, -0.2) is 24.3 Å². The summed E-state index contributed by atoms with van der Waals surface area (Å²) in [6.45, 7) is 3.79. The number of fused-ring (bicyclic) bond motifs is 1. The molecular weight excluding hydrogens is 138 g/mol. The summed E-state index contributed by atoms with van der Waals surface area (Å²) in [6.07, 6.45) is 2.69. The second kappa shape index (κ2) is 2.76. The van der Waals surface area contributed by atoms with Crippen molar-refractivity contribution in [3.63, 3.8) is 0 Å². The van der Waals surface area contributed by atoms with E-state index in [2.05, 4.69) is 12.2 Å². The lowest BCUT2D eigenvalue weighted by Gasteiger charge is -2.15. The Balaban J connectivity index is 2.01. The van der Waals surface area contributed by atoms with Crippen molar-refractivity contribution in [2.45, 2.75) is 25.8 Å². The molecule has 0 spiro atoms. The van der Waals surface area contributed by atoms with Crippen LogP contribution in [0.5, 0.6) is 0 Å². The maximum Gasteiger partial charge on any atom is 0.0587 e. The Labute approximate surface area is 68.0 Å². The van der Waals surface area contributed by atoms with Gasteiger partial charge in [0.25, 0.3) is 0 Å². The van der Waals surface area contributed by atoms with Gasteiger partial charge in [-0.1, -0.05) is 6.92 Å². The fourth-order valence-electron chi connectivity index (χ4n) is 2.83. The molecule has 1 heterocycles. The monoisotopic (exact) mass is 155 g/mol. The Morgan fingerprint density at radius 3 is 3.00 bits per heavy atom. The zero-order valence-electron chi connectivity index (χ0n) is 7.09. The minimum Gasteiger partial charge on any atom is -0.395 e. The molecule has 0 aromatic heterocycles. The average Bonchev–Trinajstić information content (AvgIpc) is 2.45. The third kappa shape index (κ3) is 1.18. The molecule has 1 saturated carbocycles. The van der Waals surface area contributed by atoms with Gasteiger partial charge >= 0.3 is 0 Å². The first kappa shape index (κ1) is 7.56. The molecule has 1 aliphatic carbocycles. The van der Waals surface area contributed by atoms with Gasteiger partial charge in [-0.05, 0) is 37.1 Å². The van der Waals surface area contributed by atoms with E-state index in [0.29, 0.717) is 12.6 Å². The Morgan fingerprint density at radius 1 is 1.45 bits per heavy atom. The SMILES string of the molecule is CC1C[C@H]2CN[C@H](CO)[C@H]2C1. The lowest BCUT2D eigenvalue weighted by Crippen LogP contribution is -2.30. The highest BCUT2D eigenvalue weighted by Gasteiger charge is 2.41. The maximum absolute atomic E-state index is 9.04. The van der Waals surface area contributed by atoms with Crippen LogP contribution in [0.1, 0.15) is 19.8 Å². The number of rotatable bonds is 1. The predicted octanol–water partition coefficient (Wildman–Crippen LogP) is 0.613. The van der Waals surface area contributed by atoms with Crippen LogP contribution in [0.15, 0.2) is 0 Å². The van der Waals surface area contributed by atoms with Crippen molar-refractivity contribution in [2.24, 2.45) is 17.8 Å². The van der Waals surface area contributed by atoms with Crippen LogP contribution in [0.25, 0.3) is 0 Å². The molecule has 0 aromatic carbocycles. The van der Waals surface area contributed by atoms with Gasteiger partial charge < -0.3 is 10.4 Å². The zero-order valence-corrected chi connectivity index (χ0v) is 7.09. The zero-order chi connectivity index (χ0) is 7.84. The number of hydrogen-bond acceptors (Lipinski definition) is 2. The van der Waals surface area contributed by atoms with Gasteiger partial charge in [-0.2, -0.15) is 0 Å². The molecular formula is C9H17NO. The molecule has 2 heteroatoms. The highest BCUT2D eigenvalue weighted by molar-refractivity contribution is 4.95. The van der Waals surface area contributed by atoms with Crippen molar-refractivity contribution < 1.29 is 5.11 Å². The Bertz CT molecular complexity index is 146. The van der Waals surface area contributed by atoms with Crippen LogP contribution >= 0.6 is 0 Å². The van der Waals surface area contributed by atoms with E-state index in [1.165, 1.54) is 12.8 Å². The molecule has 2 nitrogen and oxygen atoms in total. The molecule has 2 rings (SSSR count). The molecule has 1 saturated heterocycles. The van der Waals surface area contributed by atoms with Gasteiger partial charge in [0.05, 0.1) is 6.61 Å². The molecule has 64 valence electrons. The first-order chi connectivity index (χ1) is 5.31. The van der Waals surface area contributed by atoms with E-state index in [1.54, 1.807) is 0 Å². The third-order valence-corrected chi connectivity index (χ3v) is 3.34. The third-order valence-electron chi connectivity index (χ3n) is 3.34. The summed E-state index contributed by atoms with van der Waals surface area (Å²) in [4.78, 5) is 0. The highest BCUT2D eigenvalue weighted by atomic mass is 16.3. The summed E-state index contributed by atoms with van der Waals surface area (Å²) in [5.74, 6) is 2.53. The number of aliphatic hydroxyl groups is 1. The lowest BCUT2D eigenvalue weighted by atomic mass is 9.94. The van der Waals surface area contributed by atoms with E-state index in [9.17, 15) is 0 Å². The van der Waals surface area contributed by atoms with Crippen molar-refractivity contribution in [3.8, 4) is 0 Å². The fourth-order valence-corrected chi connectivity index (χ4v) is 2.83. The second-order valence-electron chi connectivity index (χ2n) is 4.20. The van der Waals surface area contributed by atoms with E-state index in [1.807, 2.05) is 0 Å². The van der Waals surface area contributed by atoms with Crippen molar-refractivity contribution in [3.05, 3.63) is 0 Å². The molecule has 1 aliphatic heterocycles. The van der Waals surface area contributed by atoms with Crippen LogP contribution in [0, 0.1) is 17.8 Å². The quantitative estimate of drug-likeness (QED) is 0.581. The fraction of sp³-hybridized carbons (Fsp3) is 1.00. The average molecular weight is 155 g/mol. The maximum atomic E-state index is 9.04. The summed E-state index contributed by atoms with van der Waals surface area (Å²) in [7, 11) is 0. The molecule has 2 fully saturated rings. The molecule has 1 unspecified atom stereocenters. The normalized spacial score (nSPS) is 49.6. The van der Waals surface area contributed by atoms with Crippen molar-refractivity contribution in [1.29, 1.82) is 0 Å². The Hall–Kier alpha value is -0.0800. The number of nitrogens with one attached hydrogen (secondary N) is 1. The lowest BCUT2D eigenvalue weighted by molar-refractivity contribution is 0.220. The van der Waals surface area contributed by atoms with E-state index in [4.69, 9.17) is 5.11 Å². The van der Waals surface area contributed by atoms with Gasteiger partial charge in [0.15, 0.2) is 0 Å².